The summed E-state index contributed by atoms with van der Waals surface area (Å²) < 4.78 is 46.2. The van der Waals surface area contributed by atoms with E-state index < -0.39 is 21.3 Å². The van der Waals surface area contributed by atoms with Crippen molar-refractivity contribution in [3.8, 4) is 0 Å². The number of benzene rings is 1. The molecule has 2 aliphatic rings. The van der Waals surface area contributed by atoms with E-state index >= 15 is 0 Å². The Balaban J connectivity index is 1.95. The maximum Gasteiger partial charge on any atom is 0.246 e. The number of ether oxygens (including phenoxy) is 1. The monoisotopic (exact) mass is 329 g/mol. The maximum atomic E-state index is 14.0. The Hall–Kier alpha value is -1.02. The number of rotatable bonds is 3. The largest absolute Gasteiger partial charge is 0.396 e. The first kappa shape index (κ1) is 15.9. The highest BCUT2D eigenvalue weighted by atomic mass is 32.2. The van der Waals surface area contributed by atoms with Gasteiger partial charge in [0.25, 0.3) is 0 Å². The molecule has 2 fully saturated rings. The average molecular weight is 329 g/mol. The molecule has 0 amide bonds. The summed E-state index contributed by atoms with van der Waals surface area (Å²) in [6.07, 6.45) is 0.622. The molecule has 2 heterocycles. The Morgan fingerprint density at radius 3 is 2.95 bits per heavy atom. The lowest BCUT2D eigenvalue weighted by molar-refractivity contribution is -0.0414. The summed E-state index contributed by atoms with van der Waals surface area (Å²) in [6.45, 7) is 3.07. The average Bonchev–Trinajstić information content (AvgIpc) is 2.90. The molecular formula is C15H20FNO4S. The second kappa shape index (κ2) is 5.56. The van der Waals surface area contributed by atoms with Crippen molar-refractivity contribution in [1.29, 1.82) is 0 Å². The molecule has 5 nitrogen and oxygen atoms in total. The highest BCUT2D eigenvalue weighted by Crippen LogP contribution is 2.43. The van der Waals surface area contributed by atoms with E-state index in [-0.39, 0.29) is 30.5 Å². The third-order valence-electron chi connectivity index (χ3n) is 4.86. The van der Waals surface area contributed by atoms with E-state index in [1.807, 2.05) is 0 Å². The Morgan fingerprint density at radius 1 is 1.50 bits per heavy atom. The third-order valence-corrected chi connectivity index (χ3v) is 6.69. The van der Waals surface area contributed by atoms with E-state index in [2.05, 4.69) is 0 Å². The predicted molar refractivity (Wildman–Crippen MR) is 78.3 cm³/mol. The molecule has 0 aliphatic carbocycles. The summed E-state index contributed by atoms with van der Waals surface area (Å²) in [4.78, 5) is -0.292. The molecule has 3 rings (SSSR count). The van der Waals surface area contributed by atoms with Crippen LogP contribution in [0.5, 0.6) is 0 Å². The van der Waals surface area contributed by atoms with Crippen LogP contribution in [-0.2, 0) is 14.8 Å². The van der Waals surface area contributed by atoms with Gasteiger partial charge in [-0.3, -0.25) is 0 Å². The van der Waals surface area contributed by atoms with E-state index in [1.165, 1.54) is 16.4 Å². The summed E-state index contributed by atoms with van der Waals surface area (Å²) in [7, 11) is -3.91. The third kappa shape index (κ3) is 2.46. The topological polar surface area (TPSA) is 66.8 Å². The molecule has 1 aromatic rings. The van der Waals surface area contributed by atoms with E-state index in [4.69, 9.17) is 4.74 Å². The molecule has 2 atom stereocenters. The molecule has 0 aromatic heterocycles. The summed E-state index contributed by atoms with van der Waals surface area (Å²) in [6, 6.07) is 4.08. The molecular weight excluding hydrogens is 309 g/mol. The van der Waals surface area contributed by atoms with Gasteiger partial charge >= 0.3 is 0 Å². The zero-order valence-corrected chi connectivity index (χ0v) is 13.3. The number of halogens is 1. The van der Waals surface area contributed by atoms with E-state index in [0.29, 0.717) is 25.2 Å². The Bertz CT molecular complexity index is 678. The Labute approximate surface area is 129 Å². The van der Waals surface area contributed by atoms with Gasteiger partial charge in [0.15, 0.2) is 0 Å². The van der Waals surface area contributed by atoms with Crippen LogP contribution in [-0.4, -0.2) is 50.7 Å². The van der Waals surface area contributed by atoms with Crippen LogP contribution in [0.4, 0.5) is 4.39 Å². The highest BCUT2D eigenvalue weighted by molar-refractivity contribution is 7.89. The van der Waals surface area contributed by atoms with Crippen LogP contribution in [0, 0.1) is 24.1 Å². The van der Waals surface area contributed by atoms with E-state index in [0.717, 1.165) is 0 Å². The number of sulfonamides is 1. The minimum absolute atomic E-state index is 0.0473. The molecule has 0 unspecified atom stereocenters. The maximum absolute atomic E-state index is 14.0. The van der Waals surface area contributed by atoms with Crippen LogP contribution in [0.2, 0.25) is 0 Å². The van der Waals surface area contributed by atoms with Crippen molar-refractivity contribution >= 4 is 10.0 Å². The van der Waals surface area contributed by atoms with Crippen LogP contribution in [0.25, 0.3) is 0 Å². The molecule has 0 saturated carbocycles. The first-order chi connectivity index (χ1) is 10.4. The van der Waals surface area contributed by atoms with Gasteiger partial charge < -0.3 is 9.84 Å². The SMILES string of the molecule is Cc1ccc(F)c(S(=O)(=O)N2C[C@@H]3COCC[C@]3(CO)C2)c1. The molecule has 122 valence electrons. The lowest BCUT2D eigenvalue weighted by atomic mass is 9.75. The van der Waals surface area contributed by atoms with Crippen molar-refractivity contribution in [1.82, 2.24) is 4.31 Å². The van der Waals surface area contributed by atoms with Gasteiger partial charge in [-0.2, -0.15) is 4.31 Å². The van der Waals surface area contributed by atoms with Crippen molar-refractivity contribution in [3.63, 3.8) is 0 Å². The lowest BCUT2D eigenvalue weighted by Crippen LogP contribution is -2.41. The fourth-order valence-corrected chi connectivity index (χ4v) is 5.12. The zero-order chi connectivity index (χ0) is 16.0. The number of hydrogen-bond donors (Lipinski definition) is 1. The van der Waals surface area contributed by atoms with Crippen LogP contribution in [0.1, 0.15) is 12.0 Å². The summed E-state index contributed by atoms with van der Waals surface area (Å²) in [5.41, 5.74) is 0.225. The van der Waals surface area contributed by atoms with Crippen molar-refractivity contribution in [2.75, 3.05) is 32.9 Å². The minimum atomic E-state index is -3.91. The van der Waals surface area contributed by atoms with Crippen molar-refractivity contribution in [2.24, 2.45) is 11.3 Å². The first-order valence-electron chi connectivity index (χ1n) is 7.34. The van der Waals surface area contributed by atoms with Gasteiger partial charge in [-0.15, -0.1) is 0 Å². The molecule has 22 heavy (non-hydrogen) atoms. The van der Waals surface area contributed by atoms with Crippen molar-refractivity contribution in [3.05, 3.63) is 29.6 Å². The Kier molecular flexibility index (Phi) is 4.01. The second-order valence-corrected chi connectivity index (χ2v) is 8.18. The van der Waals surface area contributed by atoms with Gasteiger partial charge in [0.05, 0.1) is 13.2 Å². The highest BCUT2D eigenvalue weighted by Gasteiger charge is 2.51. The molecule has 0 spiro atoms. The van der Waals surface area contributed by atoms with Crippen LogP contribution >= 0.6 is 0 Å². The lowest BCUT2D eigenvalue weighted by Gasteiger charge is -2.36. The van der Waals surface area contributed by atoms with Gasteiger partial charge in [-0.05, 0) is 31.0 Å². The molecule has 2 aliphatic heterocycles. The number of aliphatic hydroxyl groups is 1. The fourth-order valence-electron chi connectivity index (χ4n) is 3.39. The summed E-state index contributed by atoms with van der Waals surface area (Å²) >= 11 is 0. The number of aryl methyl sites for hydroxylation is 1. The minimum Gasteiger partial charge on any atom is -0.396 e. The normalized spacial score (nSPS) is 29.5. The molecule has 1 N–H and O–H groups in total. The molecule has 0 bridgehead atoms. The van der Waals surface area contributed by atoms with Gasteiger partial charge in [-0.25, -0.2) is 12.8 Å². The van der Waals surface area contributed by atoms with E-state index in [9.17, 15) is 17.9 Å². The smallest absolute Gasteiger partial charge is 0.246 e. The second-order valence-electron chi connectivity index (χ2n) is 6.27. The molecule has 0 radical (unpaired) electrons. The molecule has 1 aromatic carbocycles. The number of nitrogens with zero attached hydrogens (tertiary/aromatic N) is 1. The van der Waals surface area contributed by atoms with E-state index in [1.54, 1.807) is 13.0 Å². The molecule has 2 saturated heterocycles. The van der Waals surface area contributed by atoms with Gasteiger partial charge in [0.2, 0.25) is 10.0 Å². The van der Waals surface area contributed by atoms with Crippen LogP contribution in [0.15, 0.2) is 23.1 Å². The zero-order valence-electron chi connectivity index (χ0n) is 12.5. The van der Waals surface area contributed by atoms with Gasteiger partial charge in [0.1, 0.15) is 10.7 Å². The van der Waals surface area contributed by atoms with Crippen LogP contribution in [0.3, 0.4) is 0 Å². The van der Waals surface area contributed by atoms with Crippen molar-refractivity contribution in [2.45, 2.75) is 18.2 Å². The standard InChI is InChI=1S/C15H20FNO4S/c1-11-2-3-13(16)14(6-11)22(19,20)17-7-12-8-21-5-4-15(12,9-17)10-18/h2-3,6,12,18H,4-5,7-10H2,1H3/t12-,15-/m1/s1. The number of fused-ring (bicyclic) bond motifs is 1. The summed E-state index contributed by atoms with van der Waals surface area (Å²) in [5.74, 6) is -0.788. The quantitative estimate of drug-likeness (QED) is 0.903. The first-order valence-corrected chi connectivity index (χ1v) is 8.78. The van der Waals surface area contributed by atoms with Crippen molar-refractivity contribution < 1.29 is 22.7 Å². The van der Waals surface area contributed by atoms with Gasteiger partial charge in [-0.1, -0.05) is 6.07 Å². The Morgan fingerprint density at radius 2 is 2.27 bits per heavy atom. The fraction of sp³-hybridized carbons (Fsp3) is 0.600. The predicted octanol–water partition coefficient (Wildman–Crippen LogP) is 1.15. The van der Waals surface area contributed by atoms with Crippen LogP contribution < -0.4 is 0 Å². The number of aliphatic hydroxyl groups excluding tert-OH is 1. The number of hydrogen-bond acceptors (Lipinski definition) is 4. The molecule has 7 heteroatoms. The van der Waals surface area contributed by atoms with Gasteiger partial charge in [0, 0.05) is 31.0 Å². The summed E-state index contributed by atoms with van der Waals surface area (Å²) in [5, 5.41) is 9.75.